The number of nitroso groups, excluding NO2 is 1. The van der Waals surface area contributed by atoms with Crippen molar-refractivity contribution in [2.45, 2.75) is 6.92 Å². The van der Waals surface area contributed by atoms with E-state index in [-0.39, 0.29) is 11.1 Å². The molecule has 0 radical (unpaired) electrons. The Morgan fingerprint density at radius 1 is 1.20 bits per heavy atom. The van der Waals surface area contributed by atoms with Gasteiger partial charge in [-0.25, -0.2) is 8.78 Å². The first-order valence-corrected chi connectivity index (χ1v) is 4.35. The van der Waals surface area contributed by atoms with Crippen molar-refractivity contribution in [3.8, 4) is 0 Å². The molecule has 0 fully saturated rings. The summed E-state index contributed by atoms with van der Waals surface area (Å²) in [6, 6.07) is 5.32. The monoisotopic (exact) mass is 207 g/mol. The second-order valence-corrected chi connectivity index (χ2v) is 3.31. The average molecular weight is 207 g/mol. The van der Waals surface area contributed by atoms with Crippen molar-refractivity contribution in [2.75, 3.05) is 0 Å². The SMILES string of the molecule is Cc1cc(N=O)cc2ccc(F)c(F)c12. The highest BCUT2D eigenvalue weighted by atomic mass is 19.2. The van der Waals surface area contributed by atoms with Crippen molar-refractivity contribution in [1.29, 1.82) is 0 Å². The first-order chi connectivity index (χ1) is 7.13. The van der Waals surface area contributed by atoms with Crippen LogP contribution in [-0.4, -0.2) is 0 Å². The summed E-state index contributed by atoms with van der Waals surface area (Å²) in [5.74, 6) is -1.78. The lowest BCUT2D eigenvalue weighted by atomic mass is 10.0. The number of fused-ring (bicyclic) bond motifs is 1. The molecule has 0 saturated heterocycles. The van der Waals surface area contributed by atoms with Gasteiger partial charge in [0.25, 0.3) is 0 Å². The second-order valence-electron chi connectivity index (χ2n) is 3.31. The molecule has 15 heavy (non-hydrogen) atoms. The molecule has 0 atom stereocenters. The maximum atomic E-state index is 13.4. The van der Waals surface area contributed by atoms with E-state index in [4.69, 9.17) is 0 Å². The predicted octanol–water partition coefficient (Wildman–Crippen LogP) is 3.82. The molecule has 0 heterocycles. The maximum absolute atomic E-state index is 13.4. The zero-order chi connectivity index (χ0) is 11.0. The molecule has 2 nitrogen and oxygen atoms in total. The van der Waals surface area contributed by atoms with E-state index in [2.05, 4.69) is 5.18 Å². The molecule has 0 aliphatic rings. The standard InChI is InChI=1S/C11H7F2NO/c1-6-4-8(14-15)5-7-2-3-9(12)11(13)10(6)7/h2-5H,1H3. The van der Waals surface area contributed by atoms with Gasteiger partial charge < -0.3 is 0 Å². The van der Waals surface area contributed by atoms with E-state index in [1.165, 1.54) is 18.2 Å². The van der Waals surface area contributed by atoms with Gasteiger partial charge >= 0.3 is 0 Å². The fraction of sp³-hybridized carbons (Fsp3) is 0.0909. The molecular formula is C11H7F2NO. The van der Waals surface area contributed by atoms with E-state index in [9.17, 15) is 13.7 Å². The molecule has 0 amide bonds. The van der Waals surface area contributed by atoms with Crippen molar-refractivity contribution >= 4 is 16.5 Å². The lowest BCUT2D eigenvalue weighted by Gasteiger charge is -2.04. The first-order valence-electron chi connectivity index (χ1n) is 4.35. The summed E-state index contributed by atoms with van der Waals surface area (Å²) in [6.45, 7) is 1.61. The molecule has 76 valence electrons. The predicted molar refractivity (Wildman–Crippen MR) is 54.1 cm³/mol. The number of rotatable bonds is 1. The smallest absolute Gasteiger partial charge is 0.166 e. The molecule has 2 rings (SSSR count). The van der Waals surface area contributed by atoms with Crippen LogP contribution in [0.3, 0.4) is 0 Å². The third-order valence-corrected chi connectivity index (χ3v) is 2.29. The van der Waals surface area contributed by atoms with Crippen LogP contribution < -0.4 is 0 Å². The van der Waals surface area contributed by atoms with E-state index < -0.39 is 11.6 Å². The fourth-order valence-electron chi connectivity index (χ4n) is 1.63. The topological polar surface area (TPSA) is 29.4 Å². The van der Waals surface area contributed by atoms with E-state index in [1.54, 1.807) is 6.92 Å². The molecule has 2 aromatic rings. The Morgan fingerprint density at radius 2 is 1.93 bits per heavy atom. The number of hydrogen-bond donors (Lipinski definition) is 0. The van der Waals surface area contributed by atoms with Crippen LogP contribution in [-0.2, 0) is 0 Å². The molecule has 0 N–H and O–H groups in total. The zero-order valence-electron chi connectivity index (χ0n) is 7.92. The van der Waals surface area contributed by atoms with E-state index in [1.807, 2.05) is 0 Å². The summed E-state index contributed by atoms with van der Waals surface area (Å²) in [5, 5.41) is 3.44. The number of aryl methyl sites for hydroxylation is 1. The van der Waals surface area contributed by atoms with Crippen LogP contribution in [0, 0.1) is 23.5 Å². The van der Waals surface area contributed by atoms with Crippen molar-refractivity contribution < 1.29 is 8.78 Å². The quantitative estimate of drug-likeness (QED) is 0.653. The summed E-state index contributed by atoms with van der Waals surface area (Å²) < 4.78 is 26.4. The van der Waals surface area contributed by atoms with Crippen LogP contribution in [0.15, 0.2) is 29.4 Å². The Kier molecular flexibility index (Phi) is 2.19. The van der Waals surface area contributed by atoms with Crippen LogP contribution in [0.2, 0.25) is 0 Å². The summed E-state index contributed by atoms with van der Waals surface area (Å²) in [7, 11) is 0. The molecule has 2 aromatic carbocycles. The van der Waals surface area contributed by atoms with Crippen LogP contribution in [0.1, 0.15) is 5.56 Å². The lowest BCUT2D eigenvalue weighted by molar-refractivity contribution is 0.517. The van der Waals surface area contributed by atoms with Crippen LogP contribution in [0.4, 0.5) is 14.5 Å². The molecule has 0 bridgehead atoms. The van der Waals surface area contributed by atoms with Crippen molar-refractivity contribution in [1.82, 2.24) is 0 Å². The van der Waals surface area contributed by atoms with Gasteiger partial charge in [-0.1, -0.05) is 6.07 Å². The lowest BCUT2D eigenvalue weighted by Crippen LogP contribution is -1.88. The number of hydrogen-bond acceptors (Lipinski definition) is 2. The highest BCUT2D eigenvalue weighted by Crippen LogP contribution is 2.28. The minimum absolute atomic E-state index is 0.197. The third-order valence-electron chi connectivity index (χ3n) is 2.29. The number of nitrogens with zero attached hydrogens (tertiary/aromatic N) is 1. The Bertz CT molecular complexity index is 552. The number of benzene rings is 2. The van der Waals surface area contributed by atoms with Gasteiger partial charge in [-0.15, -0.1) is 4.91 Å². The van der Waals surface area contributed by atoms with E-state index in [0.717, 1.165) is 6.07 Å². The zero-order valence-corrected chi connectivity index (χ0v) is 7.92. The Labute approximate surface area is 84.5 Å². The largest absolute Gasteiger partial charge is 0.204 e. The second kappa shape index (κ2) is 3.38. The number of halogens is 2. The minimum Gasteiger partial charge on any atom is -0.204 e. The summed E-state index contributed by atoms with van der Waals surface area (Å²) in [5.41, 5.74) is 0.713. The van der Waals surface area contributed by atoms with Crippen molar-refractivity contribution in [3.05, 3.63) is 46.4 Å². The Hall–Kier alpha value is -1.84. The molecule has 4 heteroatoms. The summed E-state index contributed by atoms with van der Waals surface area (Å²) >= 11 is 0. The highest BCUT2D eigenvalue weighted by Gasteiger charge is 2.10. The molecule has 0 aliphatic heterocycles. The van der Waals surface area contributed by atoms with Gasteiger partial charge in [0.15, 0.2) is 11.6 Å². The minimum atomic E-state index is -0.891. The highest BCUT2D eigenvalue weighted by molar-refractivity contribution is 5.88. The van der Waals surface area contributed by atoms with Crippen molar-refractivity contribution in [2.24, 2.45) is 5.18 Å². The maximum Gasteiger partial charge on any atom is 0.166 e. The van der Waals surface area contributed by atoms with E-state index in [0.29, 0.717) is 10.9 Å². The fourth-order valence-corrected chi connectivity index (χ4v) is 1.63. The van der Waals surface area contributed by atoms with Gasteiger partial charge in [-0.3, -0.25) is 0 Å². The Balaban J connectivity index is 2.91. The van der Waals surface area contributed by atoms with Gasteiger partial charge in [0.05, 0.1) is 0 Å². The average Bonchev–Trinajstić information content (AvgIpc) is 2.23. The van der Waals surface area contributed by atoms with E-state index >= 15 is 0 Å². The van der Waals surface area contributed by atoms with Crippen LogP contribution in [0.5, 0.6) is 0 Å². The van der Waals surface area contributed by atoms with Gasteiger partial charge in [-0.2, -0.15) is 0 Å². The van der Waals surface area contributed by atoms with Crippen LogP contribution in [0.25, 0.3) is 10.8 Å². The molecule has 0 unspecified atom stereocenters. The molecule has 0 aromatic heterocycles. The van der Waals surface area contributed by atoms with Gasteiger partial charge in [0.2, 0.25) is 0 Å². The van der Waals surface area contributed by atoms with Crippen LogP contribution >= 0.6 is 0 Å². The van der Waals surface area contributed by atoms with Gasteiger partial charge in [0, 0.05) is 5.39 Å². The summed E-state index contributed by atoms with van der Waals surface area (Å²) in [4.78, 5) is 10.3. The first kappa shape index (κ1) is 9.71. The molecule has 0 aliphatic carbocycles. The molecule has 0 saturated carbocycles. The molecule has 0 spiro atoms. The Morgan fingerprint density at radius 3 is 2.60 bits per heavy atom. The normalized spacial score (nSPS) is 10.6. The third kappa shape index (κ3) is 1.48. The van der Waals surface area contributed by atoms with Gasteiger partial charge in [0.1, 0.15) is 5.69 Å². The molecular weight excluding hydrogens is 200 g/mol. The van der Waals surface area contributed by atoms with Gasteiger partial charge in [-0.05, 0) is 41.2 Å². The van der Waals surface area contributed by atoms with Crippen molar-refractivity contribution in [3.63, 3.8) is 0 Å². The summed E-state index contributed by atoms with van der Waals surface area (Å²) in [6.07, 6.45) is 0.